The maximum absolute atomic E-state index is 5.92. The zero-order valence-corrected chi connectivity index (χ0v) is 13.9. The van der Waals surface area contributed by atoms with Crippen LogP contribution in [0.5, 0.6) is 5.75 Å². The molecule has 1 aromatic carbocycles. The molecule has 1 aromatic heterocycles. The Labute approximate surface area is 121 Å². The van der Waals surface area contributed by atoms with E-state index in [1.807, 2.05) is 55.9 Å². The van der Waals surface area contributed by atoms with Crippen LogP contribution in [0.2, 0.25) is 13.1 Å². The highest BCUT2D eigenvalue weighted by Crippen LogP contribution is 2.28. The number of aromatic nitrogens is 2. The minimum atomic E-state index is -1.14. The van der Waals surface area contributed by atoms with Crippen molar-refractivity contribution in [2.24, 2.45) is 12.0 Å². The smallest absolute Gasteiger partial charge is 0.229 e. The Morgan fingerprint density at radius 3 is 2.60 bits per heavy atom. The molecule has 1 heterocycles. The third kappa shape index (κ3) is 3.36. The molecule has 0 saturated heterocycles. The van der Waals surface area contributed by atoms with Crippen LogP contribution in [0.15, 0.2) is 35.5 Å². The van der Waals surface area contributed by atoms with E-state index in [0.717, 1.165) is 28.7 Å². The average Bonchev–Trinajstić information content (AvgIpc) is 2.71. The highest BCUT2D eigenvalue weighted by molar-refractivity contribution is 6.49. The van der Waals surface area contributed by atoms with Gasteiger partial charge in [-0.25, -0.2) is 9.98 Å². The van der Waals surface area contributed by atoms with E-state index in [1.165, 1.54) is 0 Å². The molecule has 4 nitrogen and oxygen atoms in total. The van der Waals surface area contributed by atoms with Gasteiger partial charge in [0.1, 0.15) is 23.0 Å². The Bertz CT molecular complexity index is 612. The van der Waals surface area contributed by atoms with Gasteiger partial charge in [0.2, 0.25) is 9.04 Å². The summed E-state index contributed by atoms with van der Waals surface area (Å²) in [4.78, 5) is 9.17. The van der Waals surface area contributed by atoms with E-state index in [2.05, 4.69) is 23.1 Å². The van der Waals surface area contributed by atoms with Crippen molar-refractivity contribution in [1.82, 2.24) is 9.55 Å². The van der Waals surface area contributed by atoms with E-state index in [-0.39, 0.29) is 0 Å². The van der Waals surface area contributed by atoms with Gasteiger partial charge in [0, 0.05) is 13.2 Å². The predicted octanol–water partition coefficient (Wildman–Crippen LogP) is 3.23. The summed E-state index contributed by atoms with van der Waals surface area (Å²) in [5.74, 6) is 1.84. The van der Waals surface area contributed by atoms with E-state index in [9.17, 15) is 0 Å². The SMILES string of the molecule is CC(=Nc1ccccc1O[SiH](C)C)c1cn(C)c(C)n1. The van der Waals surface area contributed by atoms with Crippen molar-refractivity contribution in [3.63, 3.8) is 0 Å². The Hall–Kier alpha value is -1.88. The van der Waals surface area contributed by atoms with Crippen LogP contribution in [0.3, 0.4) is 0 Å². The molecule has 0 spiro atoms. The largest absolute Gasteiger partial charge is 0.546 e. The van der Waals surface area contributed by atoms with E-state index in [4.69, 9.17) is 4.43 Å². The fourth-order valence-corrected chi connectivity index (χ4v) is 2.58. The predicted molar refractivity (Wildman–Crippen MR) is 85.8 cm³/mol. The second-order valence-electron chi connectivity index (χ2n) is 5.12. The lowest BCUT2D eigenvalue weighted by Crippen LogP contribution is -2.11. The normalized spacial score (nSPS) is 12.0. The first-order chi connectivity index (χ1) is 9.47. The van der Waals surface area contributed by atoms with E-state index >= 15 is 0 Å². The Morgan fingerprint density at radius 2 is 2.00 bits per heavy atom. The van der Waals surface area contributed by atoms with Crippen LogP contribution in [0.4, 0.5) is 5.69 Å². The zero-order valence-electron chi connectivity index (χ0n) is 12.7. The monoisotopic (exact) mass is 287 g/mol. The number of para-hydroxylation sites is 2. The summed E-state index contributed by atoms with van der Waals surface area (Å²) >= 11 is 0. The molecule has 0 aliphatic heterocycles. The van der Waals surface area contributed by atoms with Gasteiger partial charge in [-0.15, -0.1) is 0 Å². The molecule has 20 heavy (non-hydrogen) atoms. The molecule has 0 saturated carbocycles. The van der Waals surface area contributed by atoms with Gasteiger partial charge in [0.25, 0.3) is 0 Å². The highest BCUT2D eigenvalue weighted by Gasteiger charge is 2.08. The van der Waals surface area contributed by atoms with Gasteiger partial charge in [-0.1, -0.05) is 12.1 Å². The molecule has 0 aliphatic rings. The summed E-state index contributed by atoms with van der Waals surface area (Å²) in [6.45, 7) is 8.26. The minimum absolute atomic E-state index is 0.862. The maximum Gasteiger partial charge on any atom is 0.229 e. The molecule has 2 rings (SSSR count). The van der Waals surface area contributed by atoms with Crippen LogP contribution in [-0.4, -0.2) is 24.3 Å². The summed E-state index contributed by atoms with van der Waals surface area (Å²) in [7, 11) is 0.849. The number of aliphatic imine (C=N–C) groups is 1. The lowest BCUT2D eigenvalue weighted by Gasteiger charge is -2.11. The van der Waals surface area contributed by atoms with Gasteiger partial charge in [-0.05, 0) is 39.1 Å². The molecule has 0 bridgehead atoms. The second-order valence-corrected chi connectivity index (χ2v) is 7.45. The first kappa shape index (κ1) is 14.5. The van der Waals surface area contributed by atoms with Crippen LogP contribution >= 0.6 is 0 Å². The topological polar surface area (TPSA) is 39.4 Å². The molecular weight excluding hydrogens is 266 g/mol. The standard InChI is InChI=1S/C15H21N3OSi/c1-11(14-10-18(3)12(2)17-14)16-13-8-6-7-9-15(13)19-20(4)5/h6-10,20H,1-5H3. The third-order valence-electron chi connectivity index (χ3n) is 3.00. The highest BCUT2D eigenvalue weighted by atomic mass is 28.3. The summed E-state index contributed by atoms with van der Waals surface area (Å²) in [5, 5.41) is 0. The van der Waals surface area contributed by atoms with Gasteiger partial charge in [-0.2, -0.15) is 0 Å². The first-order valence-corrected chi connectivity index (χ1v) is 9.56. The summed E-state index contributed by atoms with van der Waals surface area (Å²) in [6, 6.07) is 7.91. The van der Waals surface area contributed by atoms with Crippen molar-refractivity contribution in [3.8, 4) is 5.75 Å². The Balaban J connectivity index is 2.34. The molecule has 0 radical (unpaired) electrons. The molecule has 0 unspecified atom stereocenters. The second kappa shape index (κ2) is 6.05. The lowest BCUT2D eigenvalue weighted by atomic mass is 10.2. The lowest BCUT2D eigenvalue weighted by molar-refractivity contribution is 0.582. The van der Waals surface area contributed by atoms with E-state index in [0.29, 0.717) is 0 Å². The molecule has 0 fully saturated rings. The van der Waals surface area contributed by atoms with Gasteiger partial charge < -0.3 is 8.99 Å². The van der Waals surface area contributed by atoms with Crippen molar-refractivity contribution in [2.75, 3.05) is 0 Å². The number of benzene rings is 1. The molecule has 5 heteroatoms. The van der Waals surface area contributed by atoms with Crippen LogP contribution < -0.4 is 4.43 Å². The van der Waals surface area contributed by atoms with Crippen LogP contribution in [-0.2, 0) is 7.05 Å². The van der Waals surface area contributed by atoms with Crippen molar-refractivity contribution < 1.29 is 4.43 Å². The number of nitrogens with zero attached hydrogens (tertiary/aromatic N) is 3. The van der Waals surface area contributed by atoms with Crippen LogP contribution in [0, 0.1) is 6.92 Å². The molecule has 106 valence electrons. The van der Waals surface area contributed by atoms with Crippen molar-refractivity contribution in [2.45, 2.75) is 26.9 Å². The Morgan fingerprint density at radius 1 is 1.30 bits per heavy atom. The first-order valence-electron chi connectivity index (χ1n) is 6.78. The zero-order chi connectivity index (χ0) is 14.7. The Kier molecular flexibility index (Phi) is 4.39. The van der Waals surface area contributed by atoms with Crippen LogP contribution in [0.1, 0.15) is 18.4 Å². The molecule has 0 N–H and O–H groups in total. The fraction of sp³-hybridized carbons (Fsp3) is 0.333. The van der Waals surface area contributed by atoms with Crippen molar-refractivity contribution >= 4 is 20.4 Å². The van der Waals surface area contributed by atoms with Crippen molar-refractivity contribution in [3.05, 3.63) is 42.0 Å². The average molecular weight is 287 g/mol. The van der Waals surface area contributed by atoms with Gasteiger partial charge >= 0.3 is 0 Å². The van der Waals surface area contributed by atoms with Crippen molar-refractivity contribution in [1.29, 1.82) is 0 Å². The van der Waals surface area contributed by atoms with E-state index in [1.54, 1.807) is 0 Å². The quantitative estimate of drug-likeness (QED) is 0.640. The maximum atomic E-state index is 5.92. The molecule has 0 atom stereocenters. The molecule has 0 amide bonds. The summed E-state index contributed by atoms with van der Waals surface area (Å²) in [6.07, 6.45) is 1.99. The number of aryl methyl sites for hydroxylation is 2. The minimum Gasteiger partial charge on any atom is -0.546 e. The van der Waals surface area contributed by atoms with E-state index < -0.39 is 9.04 Å². The van der Waals surface area contributed by atoms with Gasteiger partial charge in [-0.3, -0.25) is 0 Å². The molecule has 2 aromatic rings. The molecule has 0 aliphatic carbocycles. The number of rotatable bonds is 4. The third-order valence-corrected chi connectivity index (χ3v) is 3.72. The van der Waals surface area contributed by atoms with Gasteiger partial charge in [0.15, 0.2) is 0 Å². The number of hydrogen-bond donors (Lipinski definition) is 0. The molecular formula is C15H21N3OSi. The fourth-order valence-electron chi connectivity index (χ4n) is 1.87. The summed E-state index contributed by atoms with van der Waals surface area (Å²) < 4.78 is 7.92. The number of imidazole rings is 1. The van der Waals surface area contributed by atoms with Crippen LogP contribution in [0.25, 0.3) is 0 Å². The van der Waals surface area contributed by atoms with Gasteiger partial charge in [0.05, 0.1) is 5.71 Å². The summed E-state index contributed by atoms with van der Waals surface area (Å²) in [5.41, 5.74) is 2.67. The number of hydrogen-bond acceptors (Lipinski definition) is 3.